The van der Waals surface area contributed by atoms with Gasteiger partial charge in [-0.05, 0) is 34.1 Å². The first-order valence-electron chi connectivity index (χ1n) is 6.30. The topological polar surface area (TPSA) is 29.0 Å². The van der Waals surface area contributed by atoms with E-state index < -0.39 is 0 Å². The van der Waals surface area contributed by atoms with Crippen molar-refractivity contribution in [2.45, 2.75) is 53.5 Å². The summed E-state index contributed by atoms with van der Waals surface area (Å²) in [6, 6.07) is 0.416. The summed E-state index contributed by atoms with van der Waals surface area (Å²) in [5, 5.41) is 0.581. The van der Waals surface area contributed by atoms with Crippen LogP contribution in [-0.4, -0.2) is 22.6 Å². The van der Waals surface area contributed by atoms with Gasteiger partial charge in [-0.3, -0.25) is 0 Å². The van der Waals surface area contributed by atoms with Crippen LogP contribution in [-0.2, 0) is 6.42 Å². The Kier molecular flexibility index (Phi) is 5.19. The van der Waals surface area contributed by atoms with Gasteiger partial charge in [-0.1, -0.05) is 18.5 Å². The summed E-state index contributed by atoms with van der Waals surface area (Å²) in [5.41, 5.74) is 0.974. The molecule has 0 unspecified atom stereocenters. The Morgan fingerprint density at radius 1 is 1.24 bits per heavy atom. The minimum absolute atomic E-state index is 0.416. The summed E-state index contributed by atoms with van der Waals surface area (Å²) in [4.78, 5) is 11.2. The smallest absolute Gasteiger partial charge is 0.137 e. The van der Waals surface area contributed by atoms with E-state index in [1.165, 1.54) is 0 Å². The molecule has 1 aromatic heterocycles. The van der Waals surface area contributed by atoms with Crippen molar-refractivity contribution < 1.29 is 0 Å². The van der Waals surface area contributed by atoms with Gasteiger partial charge in [0, 0.05) is 24.6 Å². The first kappa shape index (κ1) is 14.2. The molecule has 0 fully saturated rings. The normalized spacial score (nSPS) is 11.0. The van der Waals surface area contributed by atoms with E-state index in [0.717, 1.165) is 36.6 Å². The van der Waals surface area contributed by atoms with E-state index in [9.17, 15) is 0 Å². The lowest BCUT2D eigenvalue weighted by molar-refractivity contribution is 0.682. The average molecular weight is 256 g/mol. The van der Waals surface area contributed by atoms with Crippen LogP contribution in [0.1, 0.15) is 45.5 Å². The van der Waals surface area contributed by atoms with Gasteiger partial charge >= 0.3 is 0 Å². The molecule has 0 aliphatic heterocycles. The Balaban J connectivity index is 3.20. The maximum Gasteiger partial charge on any atom is 0.137 e. The first-order valence-corrected chi connectivity index (χ1v) is 6.68. The minimum Gasteiger partial charge on any atom is -0.354 e. The quantitative estimate of drug-likeness (QED) is 0.753. The summed E-state index contributed by atoms with van der Waals surface area (Å²) in [6.07, 6.45) is 1.91. The molecular weight excluding hydrogens is 234 g/mol. The predicted molar refractivity (Wildman–Crippen MR) is 73.9 cm³/mol. The Hall–Kier alpha value is -0.830. The van der Waals surface area contributed by atoms with Crippen LogP contribution in [0.25, 0.3) is 0 Å². The number of hydrogen-bond acceptors (Lipinski definition) is 3. The highest BCUT2D eigenvalue weighted by Gasteiger charge is 2.16. The molecule has 1 heterocycles. The summed E-state index contributed by atoms with van der Waals surface area (Å²) in [7, 11) is 0. The summed E-state index contributed by atoms with van der Waals surface area (Å²) >= 11 is 6.18. The minimum atomic E-state index is 0.416. The maximum atomic E-state index is 6.18. The molecule has 4 heteroatoms. The third kappa shape index (κ3) is 3.32. The SMILES string of the molecule is CCCc1nc(Cl)c(C)c(N(CC)C(C)C)n1. The van der Waals surface area contributed by atoms with Gasteiger partial charge in [-0.25, -0.2) is 9.97 Å². The van der Waals surface area contributed by atoms with Gasteiger partial charge in [0.1, 0.15) is 16.8 Å². The van der Waals surface area contributed by atoms with Crippen molar-refractivity contribution in [1.29, 1.82) is 0 Å². The zero-order valence-corrected chi connectivity index (χ0v) is 12.2. The van der Waals surface area contributed by atoms with Crippen LogP contribution < -0.4 is 4.90 Å². The molecule has 0 amide bonds. The fraction of sp³-hybridized carbons (Fsp3) is 0.692. The van der Waals surface area contributed by atoms with Crippen LogP contribution in [0.4, 0.5) is 5.82 Å². The highest BCUT2D eigenvalue weighted by atomic mass is 35.5. The van der Waals surface area contributed by atoms with Gasteiger partial charge in [0.25, 0.3) is 0 Å². The fourth-order valence-electron chi connectivity index (χ4n) is 1.90. The van der Waals surface area contributed by atoms with Crippen molar-refractivity contribution in [1.82, 2.24) is 9.97 Å². The second-order valence-electron chi connectivity index (χ2n) is 4.51. The molecule has 0 aromatic carbocycles. The Morgan fingerprint density at radius 3 is 2.35 bits per heavy atom. The zero-order valence-electron chi connectivity index (χ0n) is 11.4. The predicted octanol–water partition coefficient (Wildman–Crippen LogP) is 3.63. The molecule has 3 nitrogen and oxygen atoms in total. The van der Waals surface area contributed by atoms with E-state index in [2.05, 4.69) is 42.6 Å². The van der Waals surface area contributed by atoms with Gasteiger partial charge in [0.2, 0.25) is 0 Å². The monoisotopic (exact) mass is 255 g/mol. The molecule has 0 saturated heterocycles. The third-order valence-corrected chi connectivity index (χ3v) is 3.18. The van der Waals surface area contributed by atoms with Gasteiger partial charge in [0.15, 0.2) is 0 Å². The molecule has 0 spiro atoms. The first-order chi connectivity index (χ1) is 8.01. The summed E-state index contributed by atoms with van der Waals surface area (Å²) in [5.74, 6) is 1.82. The van der Waals surface area contributed by atoms with Crippen molar-refractivity contribution in [3.05, 3.63) is 16.5 Å². The number of aromatic nitrogens is 2. The number of anilines is 1. The summed E-state index contributed by atoms with van der Waals surface area (Å²) in [6.45, 7) is 11.5. The highest BCUT2D eigenvalue weighted by molar-refractivity contribution is 6.30. The molecular formula is C13H22ClN3. The second-order valence-corrected chi connectivity index (χ2v) is 4.87. The number of halogens is 1. The molecule has 0 aliphatic rings. The molecule has 1 rings (SSSR count). The van der Waals surface area contributed by atoms with Crippen LogP contribution in [0.5, 0.6) is 0 Å². The Morgan fingerprint density at radius 2 is 1.88 bits per heavy atom. The van der Waals surface area contributed by atoms with Gasteiger partial charge in [-0.15, -0.1) is 0 Å². The van der Waals surface area contributed by atoms with E-state index in [-0.39, 0.29) is 0 Å². The highest BCUT2D eigenvalue weighted by Crippen LogP contribution is 2.25. The van der Waals surface area contributed by atoms with Crippen LogP contribution >= 0.6 is 11.6 Å². The molecule has 1 aromatic rings. The van der Waals surface area contributed by atoms with E-state index in [0.29, 0.717) is 11.2 Å². The lowest BCUT2D eigenvalue weighted by Crippen LogP contribution is -2.32. The standard InChI is InChI=1S/C13H22ClN3/c1-6-8-11-15-12(14)10(5)13(16-11)17(7-2)9(3)4/h9H,6-8H2,1-5H3. The lowest BCUT2D eigenvalue weighted by atomic mass is 10.2. The molecule has 96 valence electrons. The van der Waals surface area contributed by atoms with Gasteiger partial charge in [-0.2, -0.15) is 0 Å². The van der Waals surface area contributed by atoms with Crippen molar-refractivity contribution in [2.75, 3.05) is 11.4 Å². The van der Waals surface area contributed by atoms with Crippen molar-refractivity contribution in [3.63, 3.8) is 0 Å². The van der Waals surface area contributed by atoms with E-state index in [1.54, 1.807) is 0 Å². The van der Waals surface area contributed by atoms with Crippen LogP contribution in [0.3, 0.4) is 0 Å². The Labute approximate surface area is 109 Å². The molecule has 0 aliphatic carbocycles. The largest absolute Gasteiger partial charge is 0.354 e. The van der Waals surface area contributed by atoms with Gasteiger partial charge < -0.3 is 4.90 Å². The molecule has 0 radical (unpaired) electrons. The fourth-order valence-corrected chi connectivity index (χ4v) is 2.08. The lowest BCUT2D eigenvalue weighted by Gasteiger charge is -2.28. The number of nitrogens with zero attached hydrogens (tertiary/aromatic N) is 3. The van der Waals surface area contributed by atoms with E-state index in [1.807, 2.05) is 6.92 Å². The number of aryl methyl sites for hydroxylation is 1. The maximum absolute atomic E-state index is 6.18. The van der Waals surface area contributed by atoms with Crippen LogP contribution in [0.15, 0.2) is 0 Å². The molecule has 17 heavy (non-hydrogen) atoms. The molecule has 0 atom stereocenters. The average Bonchev–Trinajstić information content (AvgIpc) is 2.25. The molecule has 0 bridgehead atoms. The zero-order chi connectivity index (χ0) is 13.0. The van der Waals surface area contributed by atoms with Crippen LogP contribution in [0, 0.1) is 6.92 Å². The van der Waals surface area contributed by atoms with Gasteiger partial charge in [0.05, 0.1) is 0 Å². The molecule has 0 N–H and O–H groups in total. The van der Waals surface area contributed by atoms with Crippen molar-refractivity contribution in [2.24, 2.45) is 0 Å². The third-order valence-electron chi connectivity index (χ3n) is 2.82. The number of hydrogen-bond donors (Lipinski definition) is 0. The molecule has 0 saturated carbocycles. The van der Waals surface area contributed by atoms with E-state index >= 15 is 0 Å². The van der Waals surface area contributed by atoms with Crippen molar-refractivity contribution >= 4 is 17.4 Å². The van der Waals surface area contributed by atoms with Crippen molar-refractivity contribution in [3.8, 4) is 0 Å². The van der Waals surface area contributed by atoms with E-state index in [4.69, 9.17) is 11.6 Å². The number of rotatable bonds is 5. The summed E-state index contributed by atoms with van der Waals surface area (Å²) < 4.78 is 0. The second kappa shape index (κ2) is 6.20. The Bertz CT molecular complexity index is 377. The van der Waals surface area contributed by atoms with Crippen LogP contribution in [0.2, 0.25) is 5.15 Å².